The van der Waals surface area contributed by atoms with Gasteiger partial charge in [-0.3, -0.25) is 9.69 Å². The van der Waals surface area contributed by atoms with Gasteiger partial charge in [0.05, 0.1) is 19.8 Å². The van der Waals surface area contributed by atoms with Gasteiger partial charge in [0.1, 0.15) is 5.75 Å². The summed E-state index contributed by atoms with van der Waals surface area (Å²) in [4.78, 5) is 14.7. The molecule has 0 spiro atoms. The first-order valence-electron chi connectivity index (χ1n) is 8.68. The first-order valence-corrected chi connectivity index (χ1v) is 8.68. The molecular formula is C20H24N2O3. The zero-order valence-electron chi connectivity index (χ0n) is 14.5. The van der Waals surface area contributed by atoms with E-state index in [0.717, 1.165) is 44.3 Å². The van der Waals surface area contributed by atoms with E-state index in [1.54, 1.807) is 12.1 Å². The van der Waals surface area contributed by atoms with Gasteiger partial charge in [0, 0.05) is 30.9 Å². The highest BCUT2D eigenvalue weighted by molar-refractivity contribution is 6.04. The second-order valence-corrected chi connectivity index (χ2v) is 6.00. The molecule has 0 bridgehead atoms. The van der Waals surface area contributed by atoms with E-state index in [0.29, 0.717) is 12.2 Å². The highest BCUT2D eigenvalue weighted by Crippen LogP contribution is 2.16. The maximum atomic E-state index is 12.3. The zero-order valence-corrected chi connectivity index (χ0v) is 14.5. The molecule has 1 saturated heterocycles. The van der Waals surface area contributed by atoms with Gasteiger partial charge in [-0.1, -0.05) is 12.1 Å². The van der Waals surface area contributed by atoms with Gasteiger partial charge in [0.25, 0.3) is 5.91 Å². The first kappa shape index (κ1) is 17.5. The summed E-state index contributed by atoms with van der Waals surface area (Å²) in [5.41, 5.74) is 2.64. The largest absolute Gasteiger partial charge is 0.494 e. The summed E-state index contributed by atoms with van der Waals surface area (Å²) in [6, 6.07) is 15.2. The minimum absolute atomic E-state index is 0.121. The molecule has 25 heavy (non-hydrogen) atoms. The smallest absolute Gasteiger partial charge is 0.255 e. The van der Waals surface area contributed by atoms with Crippen LogP contribution in [0.4, 0.5) is 5.69 Å². The van der Waals surface area contributed by atoms with Crippen molar-refractivity contribution in [3.63, 3.8) is 0 Å². The normalized spacial score (nSPS) is 14.9. The van der Waals surface area contributed by atoms with Crippen LogP contribution in [0.25, 0.3) is 0 Å². The minimum Gasteiger partial charge on any atom is -0.494 e. The standard InChI is InChI=1S/C20H24N2O3/c1-2-25-19-9-5-17(6-10-19)20(23)21-18-7-3-16(4-8-18)15-22-11-13-24-14-12-22/h3-10H,2,11-15H2,1H3,(H,21,23). The number of hydrogen-bond donors (Lipinski definition) is 1. The molecule has 1 heterocycles. The van der Waals surface area contributed by atoms with E-state index >= 15 is 0 Å². The molecule has 0 unspecified atom stereocenters. The van der Waals surface area contributed by atoms with Gasteiger partial charge in [-0.2, -0.15) is 0 Å². The number of nitrogens with one attached hydrogen (secondary N) is 1. The molecule has 0 atom stereocenters. The Morgan fingerprint density at radius 3 is 2.40 bits per heavy atom. The van der Waals surface area contributed by atoms with Crippen molar-refractivity contribution >= 4 is 11.6 Å². The van der Waals surface area contributed by atoms with Crippen molar-refractivity contribution in [3.05, 3.63) is 59.7 Å². The Kier molecular flexibility index (Phi) is 6.04. The molecule has 1 aliphatic rings. The summed E-state index contributed by atoms with van der Waals surface area (Å²) in [5, 5.41) is 2.93. The van der Waals surface area contributed by atoms with E-state index < -0.39 is 0 Å². The fourth-order valence-corrected chi connectivity index (χ4v) is 2.78. The SMILES string of the molecule is CCOc1ccc(C(=O)Nc2ccc(CN3CCOCC3)cc2)cc1. The average Bonchev–Trinajstić information content (AvgIpc) is 2.65. The number of ether oxygens (including phenoxy) is 2. The summed E-state index contributed by atoms with van der Waals surface area (Å²) in [6.45, 7) is 7.00. The number of hydrogen-bond acceptors (Lipinski definition) is 4. The van der Waals surface area contributed by atoms with Crippen LogP contribution in [0.2, 0.25) is 0 Å². The lowest BCUT2D eigenvalue weighted by Crippen LogP contribution is -2.35. The Morgan fingerprint density at radius 2 is 1.76 bits per heavy atom. The molecule has 132 valence electrons. The highest BCUT2D eigenvalue weighted by Gasteiger charge is 2.11. The van der Waals surface area contributed by atoms with E-state index in [-0.39, 0.29) is 5.91 Å². The predicted molar refractivity (Wildman–Crippen MR) is 98.1 cm³/mol. The average molecular weight is 340 g/mol. The van der Waals surface area contributed by atoms with Gasteiger partial charge < -0.3 is 14.8 Å². The maximum absolute atomic E-state index is 12.3. The van der Waals surface area contributed by atoms with Crippen LogP contribution in [0.5, 0.6) is 5.75 Å². The third-order valence-electron chi connectivity index (χ3n) is 4.15. The van der Waals surface area contributed by atoms with Crippen LogP contribution in [0.3, 0.4) is 0 Å². The number of morpholine rings is 1. The monoisotopic (exact) mass is 340 g/mol. The van der Waals surface area contributed by atoms with Crippen molar-refractivity contribution < 1.29 is 14.3 Å². The summed E-state index contributed by atoms with van der Waals surface area (Å²) in [6.07, 6.45) is 0. The first-order chi connectivity index (χ1) is 12.2. The topological polar surface area (TPSA) is 50.8 Å². The molecule has 1 amide bonds. The van der Waals surface area contributed by atoms with Gasteiger partial charge >= 0.3 is 0 Å². The molecule has 5 heteroatoms. The van der Waals surface area contributed by atoms with Gasteiger partial charge in [-0.25, -0.2) is 0 Å². The van der Waals surface area contributed by atoms with E-state index in [9.17, 15) is 4.79 Å². The Morgan fingerprint density at radius 1 is 1.08 bits per heavy atom. The maximum Gasteiger partial charge on any atom is 0.255 e. The molecular weight excluding hydrogens is 316 g/mol. The molecule has 0 aromatic heterocycles. The van der Waals surface area contributed by atoms with E-state index in [1.165, 1.54) is 5.56 Å². The van der Waals surface area contributed by atoms with Crippen LogP contribution in [0, 0.1) is 0 Å². The van der Waals surface area contributed by atoms with Gasteiger partial charge in [-0.05, 0) is 48.9 Å². The molecule has 1 aliphatic heterocycles. The number of carbonyl (C=O) groups is 1. The number of benzene rings is 2. The van der Waals surface area contributed by atoms with E-state index in [1.807, 2.05) is 31.2 Å². The second-order valence-electron chi connectivity index (χ2n) is 6.00. The third kappa shape index (κ3) is 5.05. The van der Waals surface area contributed by atoms with Crippen molar-refractivity contribution in [3.8, 4) is 5.75 Å². The van der Waals surface area contributed by atoms with Crippen LogP contribution in [-0.4, -0.2) is 43.7 Å². The van der Waals surface area contributed by atoms with Crippen molar-refractivity contribution in [2.75, 3.05) is 38.2 Å². The van der Waals surface area contributed by atoms with E-state index in [4.69, 9.17) is 9.47 Å². The number of amides is 1. The molecule has 2 aromatic carbocycles. The highest BCUT2D eigenvalue weighted by atomic mass is 16.5. The van der Waals surface area contributed by atoms with Crippen molar-refractivity contribution in [1.82, 2.24) is 4.90 Å². The molecule has 0 radical (unpaired) electrons. The van der Waals surface area contributed by atoms with E-state index in [2.05, 4.69) is 22.3 Å². The Hall–Kier alpha value is -2.37. The van der Waals surface area contributed by atoms with Crippen LogP contribution in [-0.2, 0) is 11.3 Å². The summed E-state index contributed by atoms with van der Waals surface area (Å²) < 4.78 is 10.8. The number of nitrogens with zero attached hydrogens (tertiary/aromatic N) is 1. The molecule has 0 saturated carbocycles. The predicted octanol–water partition coefficient (Wildman–Crippen LogP) is 3.17. The molecule has 5 nitrogen and oxygen atoms in total. The quantitative estimate of drug-likeness (QED) is 0.877. The Labute approximate surface area is 148 Å². The molecule has 3 rings (SSSR count). The van der Waals surface area contributed by atoms with Crippen molar-refractivity contribution in [2.45, 2.75) is 13.5 Å². The Bertz CT molecular complexity index is 677. The van der Waals surface area contributed by atoms with Crippen molar-refractivity contribution in [2.24, 2.45) is 0 Å². The number of anilines is 1. The molecule has 2 aromatic rings. The third-order valence-corrected chi connectivity index (χ3v) is 4.15. The van der Waals surface area contributed by atoms with Gasteiger partial charge in [-0.15, -0.1) is 0 Å². The molecule has 0 aliphatic carbocycles. The Balaban J connectivity index is 1.55. The fourth-order valence-electron chi connectivity index (χ4n) is 2.78. The lowest BCUT2D eigenvalue weighted by molar-refractivity contribution is 0.0342. The van der Waals surface area contributed by atoms with Gasteiger partial charge in [0.2, 0.25) is 0 Å². The zero-order chi connectivity index (χ0) is 17.5. The van der Waals surface area contributed by atoms with Crippen LogP contribution in [0.1, 0.15) is 22.8 Å². The lowest BCUT2D eigenvalue weighted by atomic mass is 10.1. The number of carbonyl (C=O) groups excluding carboxylic acids is 1. The minimum atomic E-state index is -0.121. The molecule has 1 fully saturated rings. The van der Waals surface area contributed by atoms with Gasteiger partial charge in [0.15, 0.2) is 0 Å². The van der Waals surface area contributed by atoms with Crippen LogP contribution in [0.15, 0.2) is 48.5 Å². The summed E-state index contributed by atoms with van der Waals surface area (Å²) in [5.74, 6) is 0.649. The molecule has 1 N–H and O–H groups in total. The van der Waals surface area contributed by atoms with Crippen molar-refractivity contribution in [1.29, 1.82) is 0 Å². The second kappa shape index (κ2) is 8.65. The lowest BCUT2D eigenvalue weighted by Gasteiger charge is -2.26. The number of rotatable bonds is 6. The van der Waals surface area contributed by atoms with Crippen LogP contribution < -0.4 is 10.1 Å². The fraction of sp³-hybridized carbons (Fsp3) is 0.350. The summed E-state index contributed by atoms with van der Waals surface area (Å²) in [7, 11) is 0. The summed E-state index contributed by atoms with van der Waals surface area (Å²) >= 11 is 0. The van der Waals surface area contributed by atoms with Crippen LogP contribution >= 0.6 is 0 Å².